The lowest BCUT2D eigenvalue weighted by Crippen LogP contribution is -1.95. The Morgan fingerprint density at radius 2 is 0.958 bits per heavy atom. The maximum Gasteiger partial charge on any atom is 0.0393 e. The number of nitrogens with two attached hydrogens (primary N) is 1. The second-order valence-electron chi connectivity index (χ2n) is 12.2. The van der Waals surface area contributed by atoms with Crippen LogP contribution in [-0.4, -0.2) is 0 Å². The summed E-state index contributed by atoms with van der Waals surface area (Å²) in [6, 6.07) is 53.3. The summed E-state index contributed by atoms with van der Waals surface area (Å²) in [6.07, 6.45) is 4.17. The number of hydrogen-bond donors (Lipinski definition) is 1. The normalized spacial score (nSPS) is 12.5. The number of allylic oxidation sites excluding steroid dienone is 1. The standard InChI is InChI=1S/C45H31NS2/c1-2-10-38-31(15-9-16-41(38)46)28-19-22-32(39(25-28)30-21-24-44-45(27-30)48-43-18-8-7-17-42(43)47-44)29-20-23-37-35-13-4-3-11-33(35)34-12-5-6-14-36(34)40(37)26-29/h2-27H,46H2,1H3/b10-2-. The monoisotopic (exact) mass is 649 g/mol. The van der Waals surface area contributed by atoms with Crippen molar-refractivity contribution in [3.8, 4) is 33.4 Å². The van der Waals surface area contributed by atoms with Crippen molar-refractivity contribution in [2.24, 2.45) is 0 Å². The predicted molar refractivity (Wildman–Crippen MR) is 209 cm³/mol. The van der Waals surface area contributed by atoms with E-state index in [1.165, 1.54) is 74.2 Å². The van der Waals surface area contributed by atoms with E-state index in [9.17, 15) is 0 Å². The fraction of sp³-hybridized carbons (Fsp3) is 0.0222. The van der Waals surface area contributed by atoms with Gasteiger partial charge in [0.05, 0.1) is 0 Å². The molecule has 0 saturated carbocycles. The summed E-state index contributed by atoms with van der Waals surface area (Å²) in [6.45, 7) is 2.04. The Labute approximate surface area is 289 Å². The van der Waals surface area contributed by atoms with Crippen LogP contribution in [0.25, 0.3) is 71.8 Å². The summed E-state index contributed by atoms with van der Waals surface area (Å²) in [5.74, 6) is 0. The average Bonchev–Trinajstić information content (AvgIpc) is 3.14. The van der Waals surface area contributed by atoms with Crippen LogP contribution in [0.15, 0.2) is 171 Å². The van der Waals surface area contributed by atoms with Crippen LogP contribution in [0.4, 0.5) is 5.69 Å². The van der Waals surface area contributed by atoms with Gasteiger partial charge in [-0.25, -0.2) is 0 Å². The molecule has 0 fully saturated rings. The van der Waals surface area contributed by atoms with Crippen LogP contribution < -0.4 is 5.73 Å². The van der Waals surface area contributed by atoms with Crippen molar-refractivity contribution in [3.63, 3.8) is 0 Å². The SMILES string of the molecule is C/C=C\c1c(N)cccc1-c1ccc(-c2ccc3c4ccccc4c4ccccc4c3c2)c(-c2ccc3c(c2)Sc2ccccc2S3)c1. The van der Waals surface area contributed by atoms with Gasteiger partial charge in [0.1, 0.15) is 0 Å². The third-order valence-electron chi connectivity index (χ3n) is 9.40. The molecule has 1 aliphatic heterocycles. The molecule has 0 bridgehead atoms. The Bertz CT molecular complexity index is 2560. The molecule has 2 N–H and O–H groups in total. The fourth-order valence-electron chi connectivity index (χ4n) is 7.16. The number of anilines is 1. The number of hydrogen-bond acceptors (Lipinski definition) is 3. The van der Waals surface area contributed by atoms with E-state index in [0.717, 1.165) is 22.4 Å². The molecule has 9 rings (SSSR count). The lowest BCUT2D eigenvalue weighted by Gasteiger charge is -2.20. The van der Waals surface area contributed by atoms with Crippen LogP contribution >= 0.6 is 23.5 Å². The van der Waals surface area contributed by atoms with Gasteiger partial charge in [-0.3, -0.25) is 0 Å². The second-order valence-corrected chi connectivity index (χ2v) is 14.4. The lowest BCUT2D eigenvalue weighted by atomic mass is 9.87. The molecule has 228 valence electrons. The molecular formula is C45H31NS2. The van der Waals surface area contributed by atoms with Crippen molar-refractivity contribution in [3.05, 3.63) is 157 Å². The third-order valence-corrected chi connectivity index (χ3v) is 11.9. The van der Waals surface area contributed by atoms with Crippen molar-refractivity contribution in [2.75, 3.05) is 5.73 Å². The van der Waals surface area contributed by atoms with Gasteiger partial charge in [-0.05, 0) is 115 Å². The Morgan fingerprint density at radius 3 is 1.67 bits per heavy atom. The zero-order chi connectivity index (χ0) is 32.2. The highest BCUT2D eigenvalue weighted by Gasteiger charge is 2.20. The van der Waals surface area contributed by atoms with Crippen molar-refractivity contribution in [2.45, 2.75) is 26.5 Å². The van der Waals surface area contributed by atoms with Crippen LogP contribution in [0.2, 0.25) is 0 Å². The first-order valence-corrected chi connectivity index (χ1v) is 17.9. The van der Waals surface area contributed by atoms with Crippen molar-refractivity contribution in [1.82, 2.24) is 0 Å². The quantitative estimate of drug-likeness (QED) is 0.152. The molecule has 48 heavy (non-hydrogen) atoms. The van der Waals surface area contributed by atoms with Crippen LogP contribution in [0.3, 0.4) is 0 Å². The van der Waals surface area contributed by atoms with Gasteiger partial charge in [-0.1, -0.05) is 139 Å². The van der Waals surface area contributed by atoms with Gasteiger partial charge in [-0.15, -0.1) is 0 Å². The summed E-state index contributed by atoms with van der Waals surface area (Å²) in [5.41, 5.74) is 15.5. The van der Waals surface area contributed by atoms with Crippen molar-refractivity contribution in [1.29, 1.82) is 0 Å². The lowest BCUT2D eigenvalue weighted by molar-refractivity contribution is 1.16. The average molecular weight is 650 g/mol. The third kappa shape index (κ3) is 4.81. The molecule has 0 radical (unpaired) electrons. The molecule has 1 nitrogen and oxygen atoms in total. The maximum atomic E-state index is 6.51. The van der Waals surface area contributed by atoms with Gasteiger partial charge in [-0.2, -0.15) is 0 Å². The van der Waals surface area contributed by atoms with E-state index in [0.29, 0.717) is 0 Å². The molecular weight excluding hydrogens is 619 g/mol. The topological polar surface area (TPSA) is 26.0 Å². The fourth-order valence-corrected chi connectivity index (χ4v) is 9.41. The van der Waals surface area contributed by atoms with Crippen LogP contribution in [0.1, 0.15) is 12.5 Å². The minimum Gasteiger partial charge on any atom is -0.398 e. The van der Waals surface area contributed by atoms with E-state index < -0.39 is 0 Å². The Balaban J connectivity index is 1.28. The summed E-state index contributed by atoms with van der Waals surface area (Å²) in [4.78, 5) is 5.22. The van der Waals surface area contributed by atoms with Gasteiger partial charge in [0.15, 0.2) is 0 Å². The first-order valence-electron chi connectivity index (χ1n) is 16.2. The van der Waals surface area contributed by atoms with E-state index in [2.05, 4.69) is 146 Å². The molecule has 1 heterocycles. The first kappa shape index (κ1) is 29.0. The van der Waals surface area contributed by atoms with Gasteiger partial charge < -0.3 is 5.73 Å². The number of rotatable bonds is 4. The molecule has 3 heteroatoms. The molecule has 0 atom stereocenters. The van der Waals surface area contributed by atoms with Gasteiger partial charge in [0.25, 0.3) is 0 Å². The van der Waals surface area contributed by atoms with Crippen LogP contribution in [0, 0.1) is 0 Å². The molecule has 0 unspecified atom stereocenters. The van der Waals surface area contributed by atoms with E-state index in [1.807, 2.05) is 42.6 Å². The minimum absolute atomic E-state index is 0.783. The molecule has 0 amide bonds. The second kappa shape index (κ2) is 11.8. The summed E-state index contributed by atoms with van der Waals surface area (Å²) < 4.78 is 0. The molecule has 8 aromatic rings. The molecule has 0 aromatic heterocycles. The first-order chi connectivity index (χ1) is 23.7. The van der Waals surface area contributed by atoms with Gasteiger partial charge >= 0.3 is 0 Å². The molecule has 0 aliphatic carbocycles. The van der Waals surface area contributed by atoms with E-state index in [4.69, 9.17) is 5.73 Å². The Hall–Kier alpha value is -5.22. The molecule has 1 aliphatic rings. The number of nitrogen functional groups attached to an aromatic ring is 1. The van der Waals surface area contributed by atoms with E-state index in [-0.39, 0.29) is 0 Å². The van der Waals surface area contributed by atoms with Gasteiger partial charge in [0.2, 0.25) is 0 Å². The largest absolute Gasteiger partial charge is 0.398 e. The van der Waals surface area contributed by atoms with Crippen LogP contribution in [0.5, 0.6) is 0 Å². The van der Waals surface area contributed by atoms with Crippen molar-refractivity contribution < 1.29 is 0 Å². The zero-order valence-corrected chi connectivity index (χ0v) is 28.0. The minimum atomic E-state index is 0.783. The van der Waals surface area contributed by atoms with Gasteiger partial charge in [0, 0.05) is 30.8 Å². The maximum absolute atomic E-state index is 6.51. The Kier molecular flexibility index (Phi) is 7.11. The number of benzene rings is 8. The summed E-state index contributed by atoms with van der Waals surface area (Å²) >= 11 is 3.72. The summed E-state index contributed by atoms with van der Waals surface area (Å²) in [5, 5.41) is 7.71. The molecule has 0 saturated heterocycles. The highest BCUT2D eigenvalue weighted by molar-refractivity contribution is 8.05. The summed E-state index contributed by atoms with van der Waals surface area (Å²) in [7, 11) is 0. The van der Waals surface area contributed by atoms with E-state index in [1.54, 1.807) is 0 Å². The predicted octanol–water partition coefficient (Wildman–Crippen LogP) is 13.4. The smallest absolute Gasteiger partial charge is 0.0393 e. The highest BCUT2D eigenvalue weighted by atomic mass is 32.2. The highest BCUT2D eigenvalue weighted by Crippen LogP contribution is 2.50. The molecule has 8 aromatic carbocycles. The molecule has 0 spiro atoms. The van der Waals surface area contributed by atoms with Crippen molar-refractivity contribution >= 4 is 67.6 Å². The van der Waals surface area contributed by atoms with E-state index >= 15 is 0 Å². The van der Waals surface area contributed by atoms with Crippen LogP contribution in [-0.2, 0) is 0 Å². The zero-order valence-electron chi connectivity index (χ0n) is 26.4. The Morgan fingerprint density at radius 1 is 0.417 bits per heavy atom. The number of fused-ring (bicyclic) bond motifs is 8.